The summed E-state index contributed by atoms with van der Waals surface area (Å²) in [7, 11) is 0. The van der Waals surface area contributed by atoms with Crippen molar-refractivity contribution in [1.29, 1.82) is 0 Å². The third kappa shape index (κ3) is 2.86. The van der Waals surface area contributed by atoms with Crippen molar-refractivity contribution in [2.75, 3.05) is 0 Å². The first-order valence-electron chi connectivity index (χ1n) is 8.36. The molecule has 1 saturated heterocycles. The fourth-order valence-electron chi connectivity index (χ4n) is 3.94. The van der Waals surface area contributed by atoms with Gasteiger partial charge in [0, 0.05) is 17.4 Å². The highest BCUT2D eigenvalue weighted by atomic mass is 79.9. The predicted octanol–water partition coefficient (Wildman–Crippen LogP) is 3.43. The molecular weight excluding hydrogens is 382 g/mol. The maximum Gasteiger partial charge on any atom is 0.303 e. The van der Waals surface area contributed by atoms with Crippen LogP contribution in [-0.2, 0) is 27.2 Å². The number of carbonyl (C=O) groups excluding carboxylic acids is 2. The second-order valence-electron chi connectivity index (χ2n) is 6.61. The van der Waals surface area contributed by atoms with Gasteiger partial charge in [-0.25, -0.2) is 0 Å². The van der Waals surface area contributed by atoms with E-state index < -0.39 is 12.1 Å². The molecule has 25 heavy (non-hydrogen) atoms. The molecule has 5 heteroatoms. The molecule has 128 valence electrons. The van der Waals surface area contributed by atoms with Crippen LogP contribution < -0.4 is 0 Å². The number of esters is 1. The minimum absolute atomic E-state index is 0.0991. The average Bonchev–Trinajstić information content (AvgIpc) is 3.00. The number of hydrogen-bond acceptors (Lipinski definition) is 3. The van der Waals surface area contributed by atoms with Crippen molar-refractivity contribution >= 4 is 27.8 Å². The van der Waals surface area contributed by atoms with Gasteiger partial charge in [0.05, 0.1) is 0 Å². The highest BCUT2D eigenvalue weighted by Gasteiger charge is 2.54. The van der Waals surface area contributed by atoms with Gasteiger partial charge in [-0.05, 0) is 41.7 Å². The van der Waals surface area contributed by atoms with Gasteiger partial charge in [-0.2, -0.15) is 0 Å². The van der Waals surface area contributed by atoms with E-state index in [9.17, 15) is 9.59 Å². The van der Waals surface area contributed by atoms with E-state index in [1.165, 1.54) is 18.1 Å². The van der Waals surface area contributed by atoms with Gasteiger partial charge in [0.2, 0.25) is 6.10 Å². The smallest absolute Gasteiger partial charge is 0.303 e. The molecule has 2 atom stereocenters. The number of rotatable bonds is 3. The maximum absolute atomic E-state index is 12.7. The average molecular weight is 400 g/mol. The maximum atomic E-state index is 12.7. The lowest BCUT2D eigenvalue weighted by Gasteiger charge is -2.49. The number of ether oxygens (including phenoxy) is 1. The van der Waals surface area contributed by atoms with E-state index in [0.717, 1.165) is 22.9 Å². The number of fused-ring (bicyclic) bond motifs is 1. The SMILES string of the molecule is CC(=O)O[C@@H]1C(=O)N(C2Cc3ccccc3C2)[C@@H]1c1cccc(Br)c1. The number of benzene rings is 2. The third-order valence-electron chi connectivity index (χ3n) is 4.99. The summed E-state index contributed by atoms with van der Waals surface area (Å²) in [4.78, 5) is 26.1. The summed E-state index contributed by atoms with van der Waals surface area (Å²) in [6, 6.07) is 16.0. The van der Waals surface area contributed by atoms with Crippen molar-refractivity contribution < 1.29 is 14.3 Å². The Morgan fingerprint density at radius 3 is 2.40 bits per heavy atom. The van der Waals surface area contributed by atoms with Gasteiger partial charge >= 0.3 is 5.97 Å². The van der Waals surface area contributed by atoms with Crippen LogP contribution >= 0.6 is 15.9 Å². The Balaban J connectivity index is 1.64. The third-order valence-corrected chi connectivity index (χ3v) is 5.48. The van der Waals surface area contributed by atoms with E-state index in [1.807, 2.05) is 41.3 Å². The van der Waals surface area contributed by atoms with Crippen molar-refractivity contribution in [3.63, 3.8) is 0 Å². The van der Waals surface area contributed by atoms with Gasteiger partial charge < -0.3 is 9.64 Å². The number of hydrogen-bond donors (Lipinski definition) is 0. The lowest BCUT2D eigenvalue weighted by atomic mass is 9.88. The van der Waals surface area contributed by atoms with Crippen LogP contribution in [0.4, 0.5) is 0 Å². The fourth-order valence-corrected chi connectivity index (χ4v) is 4.36. The van der Waals surface area contributed by atoms with Gasteiger partial charge in [0.1, 0.15) is 6.04 Å². The second kappa shape index (κ2) is 6.30. The van der Waals surface area contributed by atoms with Crippen molar-refractivity contribution in [1.82, 2.24) is 4.90 Å². The Morgan fingerprint density at radius 1 is 1.12 bits per heavy atom. The molecule has 2 aromatic carbocycles. The van der Waals surface area contributed by atoms with Crippen LogP contribution in [0.25, 0.3) is 0 Å². The minimum Gasteiger partial charge on any atom is -0.450 e. The van der Waals surface area contributed by atoms with Gasteiger partial charge in [0.15, 0.2) is 0 Å². The standard InChI is InChI=1S/C20H18BrNO3/c1-12(23)25-19-18(15-7-4-8-16(21)9-15)22(20(19)24)17-10-13-5-2-3-6-14(13)11-17/h2-9,17-19H,10-11H2,1H3/t18-,19+/m1/s1. The zero-order chi connectivity index (χ0) is 17.6. The number of halogens is 1. The molecule has 0 N–H and O–H groups in total. The molecule has 1 heterocycles. The number of carbonyl (C=O) groups is 2. The summed E-state index contributed by atoms with van der Waals surface area (Å²) < 4.78 is 6.27. The highest BCUT2D eigenvalue weighted by Crippen LogP contribution is 2.42. The molecular formula is C20H18BrNO3. The van der Waals surface area contributed by atoms with Crippen LogP contribution in [0.5, 0.6) is 0 Å². The lowest BCUT2D eigenvalue weighted by Crippen LogP contribution is -2.63. The molecule has 0 radical (unpaired) electrons. The molecule has 0 bridgehead atoms. The van der Waals surface area contributed by atoms with Crippen LogP contribution in [0.1, 0.15) is 29.7 Å². The fraction of sp³-hybridized carbons (Fsp3) is 0.300. The molecule has 0 spiro atoms. The number of β-lactam (4-membered cyclic amide) rings is 1. The van der Waals surface area contributed by atoms with Crippen LogP contribution in [0.2, 0.25) is 0 Å². The van der Waals surface area contributed by atoms with E-state index >= 15 is 0 Å². The van der Waals surface area contributed by atoms with Crippen LogP contribution in [0.3, 0.4) is 0 Å². The van der Waals surface area contributed by atoms with Crippen molar-refractivity contribution in [2.45, 2.75) is 38.0 Å². The van der Waals surface area contributed by atoms with Gasteiger partial charge in [-0.3, -0.25) is 9.59 Å². The van der Waals surface area contributed by atoms with Crippen molar-refractivity contribution in [3.8, 4) is 0 Å². The molecule has 2 aliphatic rings. The molecule has 0 unspecified atom stereocenters. The summed E-state index contributed by atoms with van der Waals surface area (Å²) in [6.07, 6.45) is 0.966. The molecule has 1 amide bonds. The summed E-state index contributed by atoms with van der Waals surface area (Å²) >= 11 is 3.49. The Hall–Kier alpha value is -2.14. The first-order valence-corrected chi connectivity index (χ1v) is 9.15. The van der Waals surface area contributed by atoms with E-state index in [1.54, 1.807) is 0 Å². The van der Waals surface area contributed by atoms with Crippen molar-refractivity contribution in [3.05, 3.63) is 69.7 Å². The van der Waals surface area contributed by atoms with Crippen molar-refractivity contribution in [2.24, 2.45) is 0 Å². The first-order chi connectivity index (χ1) is 12.0. The number of amides is 1. The van der Waals surface area contributed by atoms with Crippen LogP contribution in [0.15, 0.2) is 53.0 Å². The molecule has 1 aliphatic heterocycles. The second-order valence-corrected chi connectivity index (χ2v) is 7.52. The predicted molar refractivity (Wildman–Crippen MR) is 96.9 cm³/mol. The monoisotopic (exact) mass is 399 g/mol. The van der Waals surface area contributed by atoms with Gasteiger partial charge in [0.25, 0.3) is 5.91 Å². The largest absolute Gasteiger partial charge is 0.450 e. The van der Waals surface area contributed by atoms with Gasteiger partial charge in [-0.15, -0.1) is 0 Å². The zero-order valence-corrected chi connectivity index (χ0v) is 15.4. The topological polar surface area (TPSA) is 46.6 Å². The normalized spacial score (nSPS) is 22.5. The van der Waals surface area contributed by atoms with Crippen LogP contribution in [0, 0.1) is 0 Å². The minimum atomic E-state index is -0.726. The first kappa shape index (κ1) is 16.3. The number of nitrogens with zero attached hydrogens (tertiary/aromatic N) is 1. The zero-order valence-electron chi connectivity index (χ0n) is 13.8. The van der Waals surface area contributed by atoms with Crippen LogP contribution in [-0.4, -0.2) is 28.9 Å². The quantitative estimate of drug-likeness (QED) is 0.586. The Kier molecular flexibility index (Phi) is 4.12. The molecule has 1 fully saturated rings. The molecule has 2 aromatic rings. The van der Waals surface area contributed by atoms with E-state index in [-0.39, 0.29) is 18.0 Å². The Labute approximate surface area is 154 Å². The highest BCUT2D eigenvalue weighted by molar-refractivity contribution is 9.10. The van der Waals surface area contributed by atoms with E-state index in [4.69, 9.17) is 4.74 Å². The number of likely N-dealkylation sites (tertiary alicyclic amines) is 1. The summed E-state index contributed by atoms with van der Waals surface area (Å²) in [6.45, 7) is 1.35. The summed E-state index contributed by atoms with van der Waals surface area (Å²) in [5.41, 5.74) is 3.57. The Bertz CT molecular complexity index is 825. The molecule has 4 nitrogen and oxygen atoms in total. The summed E-state index contributed by atoms with van der Waals surface area (Å²) in [5.74, 6) is -0.523. The van der Waals surface area contributed by atoms with E-state index in [0.29, 0.717) is 0 Å². The molecule has 0 aromatic heterocycles. The molecule has 1 aliphatic carbocycles. The molecule has 0 saturated carbocycles. The van der Waals surface area contributed by atoms with E-state index in [2.05, 4.69) is 28.1 Å². The Morgan fingerprint density at radius 2 is 1.80 bits per heavy atom. The molecule has 4 rings (SSSR count). The van der Waals surface area contributed by atoms with Gasteiger partial charge in [-0.1, -0.05) is 52.3 Å². The lowest BCUT2D eigenvalue weighted by molar-refractivity contribution is -0.186. The summed E-state index contributed by atoms with van der Waals surface area (Å²) in [5, 5.41) is 0.